The molecule has 2 unspecified atom stereocenters. The zero-order valence-electron chi connectivity index (χ0n) is 9.90. The third kappa shape index (κ3) is 7.14. The summed E-state index contributed by atoms with van der Waals surface area (Å²) in [5.74, 6) is -0.553. The average Bonchev–Trinajstić information content (AvgIpc) is 2.25. The maximum atomic E-state index is 11.0. The summed E-state index contributed by atoms with van der Waals surface area (Å²) in [6.45, 7) is 3.88. The lowest BCUT2D eigenvalue weighted by Crippen LogP contribution is -2.11. The number of methoxy groups -OCH3 is 1. The Morgan fingerprint density at radius 3 is 2.60 bits per heavy atom. The van der Waals surface area contributed by atoms with Gasteiger partial charge in [-0.3, -0.25) is 4.79 Å². The molecule has 0 amide bonds. The van der Waals surface area contributed by atoms with Crippen LogP contribution in [0.15, 0.2) is 12.2 Å². The van der Waals surface area contributed by atoms with Gasteiger partial charge in [-0.05, 0) is 13.3 Å². The van der Waals surface area contributed by atoms with Crippen LogP contribution < -0.4 is 0 Å². The predicted octanol–water partition coefficient (Wildman–Crippen LogP) is 2.29. The quantitative estimate of drug-likeness (QED) is 0.402. The van der Waals surface area contributed by atoms with Crippen LogP contribution in [0, 0.1) is 5.92 Å². The molecule has 0 spiro atoms. The normalized spacial score (nSPS) is 15.2. The molecule has 88 valence electrons. The molecule has 1 N–H and O–H groups in total. The number of aliphatic hydroxyl groups excluding tert-OH is 1. The largest absolute Gasteiger partial charge is 0.469 e. The van der Waals surface area contributed by atoms with Crippen molar-refractivity contribution < 1.29 is 14.6 Å². The highest BCUT2D eigenvalue weighted by atomic mass is 16.5. The summed E-state index contributed by atoms with van der Waals surface area (Å²) >= 11 is 0. The highest BCUT2D eigenvalue weighted by molar-refractivity contribution is 5.73. The molecule has 0 aromatic heterocycles. The second kappa shape index (κ2) is 8.48. The van der Waals surface area contributed by atoms with Gasteiger partial charge in [0, 0.05) is 0 Å². The molecule has 0 aliphatic heterocycles. The first-order valence-electron chi connectivity index (χ1n) is 5.56. The standard InChI is InChI=1S/C12H22O3/c1-4-5-6-7-11(13)9-8-10(2)12(14)15-3/h8-11,13H,4-7H2,1-3H3/b9-8+. The molecule has 0 aromatic carbocycles. The number of unbranched alkanes of at least 4 members (excludes halogenated alkanes) is 2. The zero-order chi connectivity index (χ0) is 11.7. The lowest BCUT2D eigenvalue weighted by atomic mass is 10.1. The Kier molecular flexibility index (Phi) is 8.01. The van der Waals surface area contributed by atoms with Crippen LogP contribution in [0.1, 0.15) is 39.5 Å². The van der Waals surface area contributed by atoms with Gasteiger partial charge in [-0.15, -0.1) is 0 Å². The number of hydrogen-bond donors (Lipinski definition) is 1. The van der Waals surface area contributed by atoms with Crippen LogP contribution in [0.2, 0.25) is 0 Å². The third-order valence-corrected chi connectivity index (χ3v) is 2.30. The number of aliphatic hydroxyl groups is 1. The van der Waals surface area contributed by atoms with Crippen LogP contribution in [0.4, 0.5) is 0 Å². The minimum atomic E-state index is -0.441. The molecule has 0 rings (SSSR count). The minimum absolute atomic E-state index is 0.271. The second-order valence-corrected chi connectivity index (χ2v) is 3.76. The van der Waals surface area contributed by atoms with Gasteiger partial charge in [0.1, 0.15) is 0 Å². The van der Waals surface area contributed by atoms with E-state index in [1.165, 1.54) is 7.11 Å². The summed E-state index contributed by atoms with van der Waals surface area (Å²) in [7, 11) is 1.37. The molecule has 0 radical (unpaired) electrons. The second-order valence-electron chi connectivity index (χ2n) is 3.76. The maximum Gasteiger partial charge on any atom is 0.312 e. The number of rotatable bonds is 7. The van der Waals surface area contributed by atoms with E-state index in [1.807, 2.05) is 0 Å². The van der Waals surface area contributed by atoms with Crippen molar-refractivity contribution in [2.45, 2.75) is 45.6 Å². The van der Waals surface area contributed by atoms with Gasteiger partial charge in [0.2, 0.25) is 0 Å². The Balaban J connectivity index is 3.78. The molecular formula is C12H22O3. The van der Waals surface area contributed by atoms with Gasteiger partial charge in [0.05, 0.1) is 19.1 Å². The first kappa shape index (κ1) is 14.2. The van der Waals surface area contributed by atoms with E-state index >= 15 is 0 Å². The van der Waals surface area contributed by atoms with Crippen molar-refractivity contribution >= 4 is 5.97 Å². The van der Waals surface area contributed by atoms with Crippen molar-refractivity contribution in [2.24, 2.45) is 5.92 Å². The van der Waals surface area contributed by atoms with Gasteiger partial charge in [-0.25, -0.2) is 0 Å². The van der Waals surface area contributed by atoms with Crippen LogP contribution in [0.25, 0.3) is 0 Å². The molecule has 3 nitrogen and oxygen atoms in total. The van der Waals surface area contributed by atoms with E-state index in [-0.39, 0.29) is 11.9 Å². The fourth-order valence-electron chi connectivity index (χ4n) is 1.26. The summed E-state index contributed by atoms with van der Waals surface area (Å²) in [6, 6.07) is 0. The fourth-order valence-corrected chi connectivity index (χ4v) is 1.26. The van der Waals surface area contributed by atoms with Crippen molar-refractivity contribution in [1.29, 1.82) is 0 Å². The van der Waals surface area contributed by atoms with Gasteiger partial charge in [-0.2, -0.15) is 0 Å². The summed E-state index contributed by atoms with van der Waals surface area (Å²) in [4.78, 5) is 11.0. The van der Waals surface area contributed by atoms with E-state index in [0.29, 0.717) is 0 Å². The molecule has 2 atom stereocenters. The van der Waals surface area contributed by atoms with Crippen LogP contribution >= 0.6 is 0 Å². The van der Waals surface area contributed by atoms with Gasteiger partial charge in [0.25, 0.3) is 0 Å². The molecule has 3 heteroatoms. The third-order valence-electron chi connectivity index (χ3n) is 2.30. The number of carbonyl (C=O) groups is 1. The maximum absolute atomic E-state index is 11.0. The fraction of sp³-hybridized carbons (Fsp3) is 0.750. The van der Waals surface area contributed by atoms with Crippen LogP contribution in [-0.2, 0) is 9.53 Å². The Morgan fingerprint density at radius 1 is 1.40 bits per heavy atom. The Bertz CT molecular complexity index is 199. The number of esters is 1. The molecule has 0 saturated heterocycles. The average molecular weight is 214 g/mol. The SMILES string of the molecule is CCCCCC(O)/C=C/C(C)C(=O)OC. The van der Waals surface area contributed by atoms with E-state index in [9.17, 15) is 9.90 Å². The van der Waals surface area contributed by atoms with E-state index in [1.54, 1.807) is 19.1 Å². The van der Waals surface area contributed by atoms with E-state index in [0.717, 1.165) is 25.7 Å². The summed E-state index contributed by atoms with van der Waals surface area (Å²) in [5.41, 5.74) is 0. The molecule has 0 aliphatic carbocycles. The van der Waals surface area contributed by atoms with E-state index < -0.39 is 6.10 Å². The lowest BCUT2D eigenvalue weighted by Gasteiger charge is -2.06. The zero-order valence-corrected chi connectivity index (χ0v) is 9.90. The van der Waals surface area contributed by atoms with Crippen molar-refractivity contribution in [3.8, 4) is 0 Å². The van der Waals surface area contributed by atoms with Crippen molar-refractivity contribution in [3.05, 3.63) is 12.2 Å². The Labute approximate surface area is 92.1 Å². The highest BCUT2D eigenvalue weighted by Gasteiger charge is 2.09. The molecular weight excluding hydrogens is 192 g/mol. The molecule has 0 aromatic rings. The van der Waals surface area contributed by atoms with E-state index in [2.05, 4.69) is 11.7 Å². The number of ether oxygens (including phenoxy) is 1. The van der Waals surface area contributed by atoms with Crippen LogP contribution in [-0.4, -0.2) is 24.3 Å². The number of carbonyl (C=O) groups excluding carboxylic acids is 1. The van der Waals surface area contributed by atoms with Gasteiger partial charge in [-0.1, -0.05) is 38.3 Å². The summed E-state index contributed by atoms with van der Waals surface area (Å²) in [6.07, 6.45) is 7.00. The first-order valence-corrected chi connectivity index (χ1v) is 5.56. The molecule has 0 saturated carbocycles. The molecule has 0 aliphatic rings. The van der Waals surface area contributed by atoms with Crippen molar-refractivity contribution in [2.75, 3.05) is 7.11 Å². The van der Waals surface area contributed by atoms with Gasteiger partial charge < -0.3 is 9.84 Å². The molecule has 0 fully saturated rings. The van der Waals surface area contributed by atoms with Crippen LogP contribution in [0.5, 0.6) is 0 Å². The van der Waals surface area contributed by atoms with Gasteiger partial charge in [0.15, 0.2) is 0 Å². The lowest BCUT2D eigenvalue weighted by molar-refractivity contribution is -0.143. The predicted molar refractivity (Wildman–Crippen MR) is 60.5 cm³/mol. The minimum Gasteiger partial charge on any atom is -0.469 e. The van der Waals surface area contributed by atoms with Crippen LogP contribution in [0.3, 0.4) is 0 Å². The molecule has 0 bridgehead atoms. The topological polar surface area (TPSA) is 46.5 Å². The molecule has 15 heavy (non-hydrogen) atoms. The Hall–Kier alpha value is -0.830. The van der Waals surface area contributed by atoms with Gasteiger partial charge >= 0.3 is 5.97 Å². The van der Waals surface area contributed by atoms with E-state index in [4.69, 9.17) is 0 Å². The summed E-state index contributed by atoms with van der Waals surface area (Å²) < 4.78 is 4.57. The number of hydrogen-bond acceptors (Lipinski definition) is 3. The summed E-state index contributed by atoms with van der Waals surface area (Å²) in [5, 5.41) is 9.54. The Morgan fingerprint density at radius 2 is 2.07 bits per heavy atom. The van der Waals surface area contributed by atoms with Crippen molar-refractivity contribution in [1.82, 2.24) is 0 Å². The highest BCUT2D eigenvalue weighted by Crippen LogP contribution is 2.06. The monoisotopic (exact) mass is 214 g/mol. The van der Waals surface area contributed by atoms with Crippen molar-refractivity contribution in [3.63, 3.8) is 0 Å². The first-order chi connectivity index (χ1) is 7.11. The molecule has 0 heterocycles. The smallest absolute Gasteiger partial charge is 0.312 e.